The fraction of sp³-hybridized carbons (Fsp3) is 0.200. The summed E-state index contributed by atoms with van der Waals surface area (Å²) in [6, 6.07) is 1.11. The van der Waals surface area contributed by atoms with E-state index in [9.17, 15) is 27.2 Å². The van der Waals surface area contributed by atoms with Gasteiger partial charge >= 0.3 is 18.1 Å². The number of hydrogen-bond acceptors (Lipinski definition) is 3. The van der Waals surface area contributed by atoms with Crippen LogP contribution in [0.3, 0.4) is 0 Å². The van der Waals surface area contributed by atoms with Crippen molar-refractivity contribution in [2.45, 2.75) is 6.18 Å². The summed E-state index contributed by atoms with van der Waals surface area (Å²) < 4.78 is 54.0. The van der Waals surface area contributed by atoms with E-state index in [1.54, 1.807) is 0 Å². The number of aromatic carboxylic acids is 1. The van der Waals surface area contributed by atoms with Gasteiger partial charge in [-0.25, -0.2) is 9.18 Å². The van der Waals surface area contributed by atoms with E-state index in [-0.39, 0.29) is 5.75 Å². The van der Waals surface area contributed by atoms with E-state index in [4.69, 9.17) is 5.11 Å². The molecule has 2 N–H and O–H groups in total. The van der Waals surface area contributed by atoms with Crippen LogP contribution < -0.4 is 10.1 Å². The number of halogens is 4. The molecule has 19 heavy (non-hydrogen) atoms. The first-order chi connectivity index (χ1) is 8.66. The third kappa shape index (κ3) is 3.33. The number of carbonyl (C=O) groups excluding carboxylic acids is 1. The molecule has 1 rings (SSSR count). The summed E-state index contributed by atoms with van der Waals surface area (Å²) >= 11 is 0. The number of carboxylic acids is 1. The maximum Gasteiger partial charge on any atom is 0.471 e. The van der Waals surface area contributed by atoms with Gasteiger partial charge in [0.15, 0.2) is 0 Å². The number of carbonyl (C=O) groups is 2. The second-order valence-corrected chi connectivity index (χ2v) is 3.29. The van der Waals surface area contributed by atoms with E-state index in [0.29, 0.717) is 12.1 Å². The predicted octanol–water partition coefficient (Wildman–Crippen LogP) is 2.03. The Bertz CT molecular complexity index is 527. The maximum atomic E-state index is 13.4. The smallest absolute Gasteiger partial charge is 0.471 e. The normalized spacial score (nSPS) is 11.0. The van der Waals surface area contributed by atoms with Crippen molar-refractivity contribution in [3.05, 3.63) is 23.5 Å². The van der Waals surface area contributed by atoms with Gasteiger partial charge in [0.05, 0.1) is 12.8 Å². The summed E-state index contributed by atoms with van der Waals surface area (Å²) in [5.41, 5.74) is -1.41. The van der Waals surface area contributed by atoms with Crippen LogP contribution in [-0.4, -0.2) is 30.3 Å². The Morgan fingerprint density at radius 1 is 1.32 bits per heavy atom. The van der Waals surface area contributed by atoms with Crippen LogP contribution in [-0.2, 0) is 4.79 Å². The first-order valence-electron chi connectivity index (χ1n) is 4.65. The highest BCUT2D eigenvalue weighted by Gasteiger charge is 2.39. The van der Waals surface area contributed by atoms with Gasteiger partial charge in [0.25, 0.3) is 0 Å². The largest absolute Gasteiger partial charge is 0.496 e. The van der Waals surface area contributed by atoms with Crippen molar-refractivity contribution >= 4 is 17.6 Å². The molecular formula is C10H7F4NO4. The summed E-state index contributed by atoms with van der Waals surface area (Å²) in [6.07, 6.45) is -5.19. The molecule has 1 aromatic rings. The lowest BCUT2D eigenvalue weighted by Crippen LogP contribution is -2.30. The van der Waals surface area contributed by atoms with Gasteiger partial charge in [-0.2, -0.15) is 13.2 Å². The van der Waals surface area contributed by atoms with Crippen molar-refractivity contribution in [1.29, 1.82) is 0 Å². The van der Waals surface area contributed by atoms with Crippen LogP contribution in [0.1, 0.15) is 10.4 Å². The fourth-order valence-corrected chi connectivity index (χ4v) is 1.18. The van der Waals surface area contributed by atoms with E-state index in [1.165, 1.54) is 5.32 Å². The molecule has 0 saturated carbocycles. The zero-order chi connectivity index (χ0) is 14.8. The number of carboxylic acid groups (broad SMARTS) is 1. The summed E-state index contributed by atoms with van der Waals surface area (Å²) in [7, 11) is 1.05. The highest BCUT2D eigenvalue weighted by molar-refractivity contribution is 5.97. The lowest BCUT2D eigenvalue weighted by atomic mass is 10.1. The molecule has 0 radical (unpaired) electrons. The number of nitrogens with one attached hydrogen (secondary N) is 1. The van der Waals surface area contributed by atoms with E-state index >= 15 is 0 Å². The van der Waals surface area contributed by atoms with E-state index in [1.807, 2.05) is 0 Å². The number of hydrogen-bond donors (Lipinski definition) is 2. The number of alkyl halides is 3. The minimum absolute atomic E-state index is 0.383. The average molecular weight is 281 g/mol. The Morgan fingerprint density at radius 3 is 2.32 bits per heavy atom. The average Bonchev–Trinajstić information content (AvgIpc) is 2.29. The minimum Gasteiger partial charge on any atom is -0.496 e. The lowest BCUT2D eigenvalue weighted by Gasteiger charge is -2.11. The fourth-order valence-electron chi connectivity index (χ4n) is 1.18. The van der Waals surface area contributed by atoms with Crippen LogP contribution in [0.25, 0.3) is 0 Å². The minimum atomic E-state index is -5.19. The van der Waals surface area contributed by atoms with Gasteiger partial charge in [-0.1, -0.05) is 0 Å². The number of rotatable bonds is 3. The van der Waals surface area contributed by atoms with Crippen LogP contribution in [0.4, 0.5) is 23.2 Å². The maximum absolute atomic E-state index is 13.4. The Balaban J connectivity index is 3.17. The predicted molar refractivity (Wildman–Crippen MR) is 54.6 cm³/mol. The molecule has 0 spiro atoms. The highest BCUT2D eigenvalue weighted by Crippen LogP contribution is 2.28. The summed E-state index contributed by atoms with van der Waals surface area (Å²) in [4.78, 5) is 21.4. The monoisotopic (exact) mass is 281 g/mol. The Kier molecular flexibility index (Phi) is 3.98. The topological polar surface area (TPSA) is 75.6 Å². The van der Waals surface area contributed by atoms with Crippen LogP contribution in [0.5, 0.6) is 5.75 Å². The van der Waals surface area contributed by atoms with Crippen LogP contribution in [0.15, 0.2) is 12.1 Å². The van der Waals surface area contributed by atoms with Crippen molar-refractivity contribution in [2.75, 3.05) is 12.4 Å². The molecule has 0 bridgehead atoms. The number of methoxy groups -OCH3 is 1. The van der Waals surface area contributed by atoms with Gasteiger partial charge in [-0.3, -0.25) is 4.79 Å². The number of ether oxygens (including phenoxy) is 1. The van der Waals surface area contributed by atoms with Crippen LogP contribution in [0.2, 0.25) is 0 Å². The van der Waals surface area contributed by atoms with Gasteiger partial charge < -0.3 is 15.2 Å². The van der Waals surface area contributed by atoms with Crippen molar-refractivity contribution in [3.8, 4) is 5.75 Å². The lowest BCUT2D eigenvalue weighted by molar-refractivity contribution is -0.167. The SMILES string of the molecule is COc1cc(NC(=O)C(F)(F)F)c(F)cc1C(=O)O. The highest BCUT2D eigenvalue weighted by atomic mass is 19.4. The van der Waals surface area contributed by atoms with E-state index < -0.39 is 35.1 Å². The quantitative estimate of drug-likeness (QED) is 0.831. The molecule has 0 unspecified atom stereocenters. The molecule has 0 heterocycles. The molecule has 0 atom stereocenters. The molecule has 0 aliphatic rings. The van der Waals surface area contributed by atoms with Gasteiger partial charge in [-0.15, -0.1) is 0 Å². The number of benzene rings is 1. The van der Waals surface area contributed by atoms with Crippen molar-refractivity contribution in [1.82, 2.24) is 0 Å². The molecule has 1 aromatic carbocycles. The van der Waals surface area contributed by atoms with Crippen LogP contribution >= 0.6 is 0 Å². The number of amides is 1. The molecule has 0 saturated heterocycles. The van der Waals surface area contributed by atoms with Crippen LogP contribution in [0, 0.1) is 5.82 Å². The molecule has 1 amide bonds. The molecule has 0 aromatic heterocycles. The first-order valence-corrected chi connectivity index (χ1v) is 4.65. The molecule has 104 valence electrons. The Morgan fingerprint density at radius 2 is 1.89 bits per heavy atom. The van der Waals surface area contributed by atoms with E-state index in [0.717, 1.165) is 7.11 Å². The van der Waals surface area contributed by atoms with Crippen molar-refractivity contribution in [2.24, 2.45) is 0 Å². The Labute approximate surface area is 103 Å². The molecular weight excluding hydrogens is 274 g/mol. The van der Waals surface area contributed by atoms with Crippen molar-refractivity contribution in [3.63, 3.8) is 0 Å². The number of anilines is 1. The van der Waals surface area contributed by atoms with Crippen molar-refractivity contribution < 1.29 is 37.0 Å². The third-order valence-electron chi connectivity index (χ3n) is 2.03. The molecule has 5 nitrogen and oxygen atoms in total. The van der Waals surface area contributed by atoms with E-state index in [2.05, 4.69) is 4.74 Å². The van der Waals surface area contributed by atoms with Gasteiger partial charge in [0.1, 0.15) is 17.1 Å². The Hall–Kier alpha value is -2.32. The van der Waals surface area contributed by atoms with Gasteiger partial charge in [0, 0.05) is 6.07 Å². The molecule has 0 aliphatic heterocycles. The summed E-state index contributed by atoms with van der Waals surface area (Å²) in [6.45, 7) is 0. The third-order valence-corrected chi connectivity index (χ3v) is 2.03. The van der Waals surface area contributed by atoms with Gasteiger partial charge in [-0.05, 0) is 6.07 Å². The second kappa shape index (κ2) is 5.12. The summed E-state index contributed by atoms with van der Waals surface area (Å²) in [5.74, 6) is -5.61. The molecule has 0 aliphatic carbocycles. The second-order valence-electron chi connectivity index (χ2n) is 3.29. The molecule has 0 fully saturated rings. The zero-order valence-electron chi connectivity index (χ0n) is 9.34. The first kappa shape index (κ1) is 14.7. The van der Waals surface area contributed by atoms with Gasteiger partial charge in [0.2, 0.25) is 0 Å². The standard InChI is InChI=1S/C10H7F4NO4/c1-19-7-3-6(15-9(18)10(12,13)14)5(11)2-4(7)8(16)17/h2-3H,1H3,(H,15,18)(H,16,17). The summed E-state index contributed by atoms with van der Waals surface area (Å²) in [5, 5.41) is 9.99. The molecule has 9 heteroatoms. The zero-order valence-corrected chi connectivity index (χ0v) is 9.34.